The minimum Gasteiger partial charge on any atom is -0.454 e. The molecule has 0 radical (unpaired) electrons. The van der Waals surface area contributed by atoms with Crippen LogP contribution in [0.25, 0.3) is 0 Å². The van der Waals surface area contributed by atoms with Gasteiger partial charge in [0.2, 0.25) is 21.9 Å². The highest BCUT2D eigenvalue weighted by Crippen LogP contribution is 2.31. The number of hydrogen-bond donors (Lipinski definition) is 2. The summed E-state index contributed by atoms with van der Waals surface area (Å²) in [5, 5.41) is 5.47. The summed E-state index contributed by atoms with van der Waals surface area (Å²) in [7, 11) is -3.57. The molecule has 216 valence electrons. The quantitative estimate of drug-likeness (QED) is 0.336. The van der Waals surface area contributed by atoms with Gasteiger partial charge in [-0.2, -0.15) is 41.3 Å². The van der Waals surface area contributed by atoms with E-state index in [1.165, 1.54) is 10.4 Å². The van der Waals surface area contributed by atoms with E-state index in [1.54, 1.807) is 30.3 Å². The maximum absolute atomic E-state index is 13.1. The Labute approximate surface area is 225 Å². The van der Waals surface area contributed by atoms with E-state index in [0.717, 1.165) is 18.2 Å². The van der Waals surface area contributed by atoms with E-state index in [4.69, 9.17) is 0 Å². The van der Waals surface area contributed by atoms with Gasteiger partial charge in [-0.05, 0) is 36.6 Å². The number of aromatic nitrogens is 3. The highest BCUT2D eigenvalue weighted by atomic mass is 32.2. The molecule has 0 atom stereocenters. The average Bonchev–Trinajstić information content (AvgIpc) is 2.87. The monoisotopic (exact) mass is 590 g/mol. The Kier molecular flexibility index (Phi) is 8.68. The van der Waals surface area contributed by atoms with Crippen molar-refractivity contribution in [2.75, 3.05) is 30.3 Å². The summed E-state index contributed by atoms with van der Waals surface area (Å²) >= 11 is 0. The fraction of sp³-hybridized carbons (Fsp3) is 0.375. The number of nitrogens with zero attached hydrogens (tertiary/aromatic N) is 4. The van der Waals surface area contributed by atoms with Gasteiger partial charge in [0.1, 0.15) is 0 Å². The minimum atomic E-state index is -4.69. The molecule has 40 heavy (non-hydrogen) atoms. The number of anilines is 3. The van der Waals surface area contributed by atoms with Crippen molar-refractivity contribution in [2.45, 2.75) is 37.0 Å². The fourth-order valence-corrected chi connectivity index (χ4v) is 5.49. The lowest BCUT2D eigenvalue weighted by Crippen LogP contribution is -2.43. The van der Waals surface area contributed by atoms with Gasteiger partial charge in [0.05, 0.1) is 11.3 Å². The van der Waals surface area contributed by atoms with E-state index in [9.17, 15) is 34.8 Å². The highest BCUT2D eigenvalue weighted by molar-refractivity contribution is 7.88. The van der Waals surface area contributed by atoms with Crippen LogP contribution in [0.4, 0.5) is 43.9 Å². The Morgan fingerprint density at radius 2 is 1.57 bits per heavy atom. The zero-order valence-corrected chi connectivity index (χ0v) is 21.5. The molecule has 2 heterocycles. The number of benzene rings is 2. The van der Waals surface area contributed by atoms with Gasteiger partial charge >= 0.3 is 18.4 Å². The Balaban J connectivity index is 1.46. The van der Waals surface area contributed by atoms with Crippen LogP contribution < -0.4 is 15.4 Å². The zero-order chi connectivity index (χ0) is 29.0. The lowest BCUT2D eigenvalue weighted by Gasteiger charge is -2.31. The van der Waals surface area contributed by atoms with Crippen LogP contribution in [0, 0.1) is 0 Å². The standard InChI is InChI=1S/C24H24F6N6O3S/c25-23(26,27)15-39-22-34-20(33-21(35-22)32-19-8-4-7-17(13-19)24(28,29)30)31-18-9-11-36(12-10-18)40(37,38)14-16-5-2-1-3-6-16/h1-8,13,18H,9-12,14-15H2,(H2,31,32,33,34,35). The third-order valence-corrected chi connectivity index (χ3v) is 7.65. The van der Waals surface area contributed by atoms with Gasteiger partial charge in [-0.3, -0.25) is 0 Å². The highest BCUT2D eigenvalue weighted by Gasteiger charge is 2.32. The zero-order valence-electron chi connectivity index (χ0n) is 20.7. The number of ether oxygens (including phenoxy) is 1. The SMILES string of the molecule is O=S(=O)(Cc1ccccc1)N1CCC(Nc2nc(Nc3cccc(C(F)(F)F)c3)nc(OCC(F)(F)F)n2)CC1. The number of nitrogens with one attached hydrogen (secondary N) is 2. The van der Waals surface area contributed by atoms with Gasteiger partial charge in [0, 0.05) is 24.8 Å². The molecule has 0 saturated carbocycles. The third-order valence-electron chi connectivity index (χ3n) is 5.80. The summed E-state index contributed by atoms with van der Waals surface area (Å²) in [5.41, 5.74) is -0.363. The normalized spacial score (nSPS) is 15.6. The van der Waals surface area contributed by atoms with E-state index in [0.29, 0.717) is 18.4 Å². The molecule has 1 aromatic heterocycles. The summed E-state index contributed by atoms with van der Waals surface area (Å²) in [6.45, 7) is -1.33. The van der Waals surface area contributed by atoms with Crippen molar-refractivity contribution in [1.82, 2.24) is 19.3 Å². The molecular formula is C24H24F6N6O3S. The molecule has 1 aliphatic heterocycles. The van der Waals surface area contributed by atoms with Gasteiger partial charge in [-0.25, -0.2) is 12.7 Å². The molecule has 4 rings (SSSR count). The first-order valence-corrected chi connectivity index (χ1v) is 13.6. The van der Waals surface area contributed by atoms with Crippen LogP contribution in [0.1, 0.15) is 24.0 Å². The molecule has 1 fully saturated rings. The molecule has 2 aromatic carbocycles. The first-order valence-electron chi connectivity index (χ1n) is 11.9. The summed E-state index contributed by atoms with van der Waals surface area (Å²) in [6.07, 6.45) is -8.62. The molecule has 3 aromatic rings. The van der Waals surface area contributed by atoms with E-state index >= 15 is 0 Å². The molecule has 1 aliphatic rings. The topological polar surface area (TPSA) is 109 Å². The molecule has 0 unspecified atom stereocenters. The molecule has 2 N–H and O–H groups in total. The maximum Gasteiger partial charge on any atom is 0.422 e. The van der Waals surface area contributed by atoms with Gasteiger partial charge in [0.15, 0.2) is 6.61 Å². The second-order valence-corrected chi connectivity index (χ2v) is 10.9. The summed E-state index contributed by atoms with van der Waals surface area (Å²) in [6, 6.07) is 11.8. The van der Waals surface area contributed by atoms with Gasteiger partial charge in [-0.1, -0.05) is 36.4 Å². The predicted octanol–water partition coefficient (Wildman–Crippen LogP) is 4.98. The molecule has 0 bridgehead atoms. The molecule has 9 nitrogen and oxygen atoms in total. The van der Waals surface area contributed by atoms with E-state index in [2.05, 4.69) is 30.3 Å². The molecule has 1 saturated heterocycles. The van der Waals surface area contributed by atoms with Crippen LogP contribution in [-0.2, 0) is 22.0 Å². The second-order valence-electron chi connectivity index (χ2n) is 8.93. The van der Waals surface area contributed by atoms with Crippen molar-refractivity contribution in [1.29, 1.82) is 0 Å². The first-order chi connectivity index (χ1) is 18.8. The smallest absolute Gasteiger partial charge is 0.422 e. The maximum atomic E-state index is 13.1. The summed E-state index contributed by atoms with van der Waals surface area (Å²) in [4.78, 5) is 11.6. The van der Waals surface area contributed by atoms with Crippen LogP contribution in [0.5, 0.6) is 6.01 Å². The van der Waals surface area contributed by atoms with E-state index < -0.39 is 40.6 Å². The van der Waals surface area contributed by atoms with Gasteiger partial charge in [0.25, 0.3) is 0 Å². The summed E-state index contributed by atoms with van der Waals surface area (Å²) in [5.74, 6) is -0.687. The van der Waals surface area contributed by atoms with Crippen LogP contribution in [0.3, 0.4) is 0 Å². The van der Waals surface area contributed by atoms with Gasteiger partial charge < -0.3 is 15.4 Å². The second kappa shape index (κ2) is 11.8. The van der Waals surface area contributed by atoms with E-state index in [1.807, 2.05) is 0 Å². The van der Waals surface area contributed by atoms with Crippen molar-refractivity contribution in [3.8, 4) is 6.01 Å². The number of hydrogen-bond acceptors (Lipinski definition) is 8. The van der Waals surface area contributed by atoms with Crippen molar-refractivity contribution in [3.05, 3.63) is 65.7 Å². The fourth-order valence-electron chi connectivity index (χ4n) is 3.93. The number of rotatable bonds is 9. The Bertz CT molecular complexity index is 1400. The van der Waals surface area contributed by atoms with Crippen molar-refractivity contribution in [2.24, 2.45) is 0 Å². The van der Waals surface area contributed by atoms with Crippen LogP contribution in [0.15, 0.2) is 54.6 Å². The predicted molar refractivity (Wildman–Crippen MR) is 133 cm³/mol. The summed E-state index contributed by atoms with van der Waals surface area (Å²) < 4.78 is 109. The van der Waals surface area contributed by atoms with Crippen LogP contribution in [0.2, 0.25) is 0 Å². The number of halogens is 6. The third kappa shape index (κ3) is 8.42. The molecule has 0 aliphatic carbocycles. The largest absolute Gasteiger partial charge is 0.454 e. The Morgan fingerprint density at radius 1 is 0.900 bits per heavy atom. The number of alkyl halides is 6. The van der Waals surface area contributed by atoms with Crippen LogP contribution >= 0.6 is 0 Å². The lowest BCUT2D eigenvalue weighted by molar-refractivity contribution is -0.154. The number of piperidine rings is 1. The van der Waals surface area contributed by atoms with Crippen molar-refractivity contribution < 1.29 is 39.5 Å². The molecule has 0 spiro atoms. The van der Waals surface area contributed by atoms with Crippen LogP contribution in [-0.4, -0.2) is 59.6 Å². The first kappa shape index (κ1) is 29.3. The Morgan fingerprint density at radius 3 is 2.23 bits per heavy atom. The Hall–Kier alpha value is -3.66. The molecule has 0 amide bonds. The molecule has 16 heteroatoms. The van der Waals surface area contributed by atoms with Crippen molar-refractivity contribution in [3.63, 3.8) is 0 Å². The minimum absolute atomic E-state index is 0.0642. The number of sulfonamides is 1. The van der Waals surface area contributed by atoms with Crippen molar-refractivity contribution >= 4 is 27.6 Å². The molecular weight excluding hydrogens is 566 g/mol. The average molecular weight is 591 g/mol. The lowest BCUT2D eigenvalue weighted by atomic mass is 10.1. The van der Waals surface area contributed by atoms with E-state index in [-0.39, 0.29) is 42.5 Å². The van der Waals surface area contributed by atoms with Gasteiger partial charge in [-0.15, -0.1) is 0 Å².